The van der Waals surface area contributed by atoms with Crippen molar-refractivity contribution in [2.24, 2.45) is 0 Å². The topological polar surface area (TPSA) is 73.1 Å². The molecule has 0 unspecified atom stereocenters. The lowest BCUT2D eigenvalue weighted by Crippen LogP contribution is -2.30. The van der Waals surface area contributed by atoms with E-state index in [1.807, 2.05) is 0 Å². The summed E-state index contributed by atoms with van der Waals surface area (Å²) in [5.74, 6) is 5.45. The molecule has 9 heteroatoms. The van der Waals surface area contributed by atoms with Crippen molar-refractivity contribution in [3.63, 3.8) is 0 Å². The predicted molar refractivity (Wildman–Crippen MR) is 118 cm³/mol. The van der Waals surface area contributed by atoms with Crippen molar-refractivity contribution in [3.05, 3.63) is 83.2 Å². The molecule has 0 fully saturated rings. The summed E-state index contributed by atoms with van der Waals surface area (Å²) in [4.78, 5) is 26.8. The van der Waals surface area contributed by atoms with E-state index in [0.29, 0.717) is 28.0 Å². The molecule has 0 aliphatic carbocycles. The quantitative estimate of drug-likeness (QED) is 0.424. The largest absolute Gasteiger partial charge is 0.434 e. The molecule has 4 aromatic rings. The number of carbonyl (C=O) groups is 1. The van der Waals surface area contributed by atoms with Crippen molar-refractivity contribution < 1.29 is 22.4 Å². The summed E-state index contributed by atoms with van der Waals surface area (Å²) in [5, 5.41) is 0. The van der Waals surface area contributed by atoms with E-state index in [1.165, 1.54) is 24.5 Å². The van der Waals surface area contributed by atoms with Crippen molar-refractivity contribution in [1.29, 1.82) is 0 Å². The number of hydrogen-bond acceptors (Lipinski definition) is 5. The summed E-state index contributed by atoms with van der Waals surface area (Å²) in [5.41, 5.74) is 2.69. The van der Waals surface area contributed by atoms with Gasteiger partial charge in [-0.15, -0.1) is 0 Å². The van der Waals surface area contributed by atoms with Crippen LogP contribution in [-0.2, 0) is 0 Å². The maximum absolute atomic E-state index is 13.5. The monoisotopic (exact) mass is 460 g/mol. The van der Waals surface area contributed by atoms with Gasteiger partial charge in [-0.05, 0) is 30.3 Å². The minimum absolute atomic E-state index is 0.00861. The minimum atomic E-state index is -3.12. The number of benzene rings is 2. The van der Waals surface area contributed by atoms with Gasteiger partial charge in [0.25, 0.3) is 5.91 Å². The summed E-state index contributed by atoms with van der Waals surface area (Å²) in [6, 6.07) is 7.98. The standard InChI is InChI=1S/C25H17F2N5O2/c1-31-20-10-19(22-16(24(31)33)3-2-4-21(22)34-25(26)27)32-18-9-14(7-8-17(18)30-23(20)32)5-6-15-11-28-13-29-12-15/h2-4,7-9,11-13,19-20,25H,10H2,1H3/t19-,20-/m1/s1/i1D3. The SMILES string of the molecule is [2H]C([2H])([2H])N1C(=O)c2cccc(OC(F)F)c2[C@H]2C[C@@H]1c1nc3ccc(C#Cc4cncnc4)cc3n12. The molecule has 4 heterocycles. The highest BCUT2D eigenvalue weighted by atomic mass is 19.3. The van der Waals surface area contributed by atoms with Crippen LogP contribution in [0.5, 0.6) is 5.75 Å². The molecule has 0 saturated heterocycles. The van der Waals surface area contributed by atoms with E-state index >= 15 is 0 Å². The number of aromatic nitrogens is 4. The Morgan fingerprint density at radius 3 is 2.76 bits per heavy atom. The molecule has 2 aliphatic rings. The second-order valence-electron chi connectivity index (χ2n) is 7.96. The van der Waals surface area contributed by atoms with E-state index in [1.54, 1.807) is 35.2 Å². The molecule has 7 nitrogen and oxygen atoms in total. The van der Waals surface area contributed by atoms with Crippen LogP contribution in [0, 0.1) is 11.8 Å². The zero-order valence-electron chi connectivity index (χ0n) is 20.4. The number of carbonyl (C=O) groups excluding carboxylic acids is 1. The molecule has 2 aliphatic heterocycles. The first-order chi connectivity index (χ1) is 17.7. The second kappa shape index (κ2) is 7.63. The van der Waals surface area contributed by atoms with Crippen LogP contribution in [0.3, 0.4) is 0 Å². The number of hydrogen-bond donors (Lipinski definition) is 0. The van der Waals surface area contributed by atoms with Crippen LogP contribution in [0.2, 0.25) is 0 Å². The van der Waals surface area contributed by atoms with Crippen molar-refractivity contribution in [2.75, 3.05) is 6.98 Å². The van der Waals surface area contributed by atoms with Gasteiger partial charge in [-0.25, -0.2) is 15.0 Å². The molecule has 1 amide bonds. The van der Waals surface area contributed by atoms with Crippen LogP contribution in [0.25, 0.3) is 11.0 Å². The van der Waals surface area contributed by atoms with Gasteiger partial charge in [-0.2, -0.15) is 8.78 Å². The molecule has 0 saturated carbocycles. The minimum Gasteiger partial charge on any atom is -0.434 e. The van der Waals surface area contributed by atoms with Crippen LogP contribution < -0.4 is 4.74 Å². The van der Waals surface area contributed by atoms with E-state index in [4.69, 9.17) is 8.85 Å². The Labute approximate surface area is 197 Å². The fourth-order valence-corrected chi connectivity index (χ4v) is 4.69. The summed E-state index contributed by atoms with van der Waals surface area (Å²) in [6.45, 7) is -5.90. The molecule has 2 aromatic carbocycles. The third-order valence-electron chi connectivity index (χ3n) is 6.06. The summed E-state index contributed by atoms with van der Waals surface area (Å²) < 4.78 is 57.5. The van der Waals surface area contributed by atoms with E-state index in [2.05, 4.69) is 26.8 Å². The van der Waals surface area contributed by atoms with Gasteiger partial charge in [0.1, 0.15) is 17.9 Å². The Kier molecular flexibility index (Phi) is 3.86. The second-order valence-corrected chi connectivity index (χ2v) is 7.96. The van der Waals surface area contributed by atoms with Gasteiger partial charge in [-0.1, -0.05) is 17.9 Å². The number of ether oxygens (including phenoxy) is 1. The molecule has 2 bridgehead atoms. The predicted octanol–water partition coefficient (Wildman–Crippen LogP) is 3.95. The molecule has 0 N–H and O–H groups in total. The number of fused-ring (bicyclic) bond motifs is 9. The number of amides is 1. The third-order valence-corrected chi connectivity index (χ3v) is 6.06. The van der Waals surface area contributed by atoms with Gasteiger partial charge in [0.15, 0.2) is 0 Å². The maximum atomic E-state index is 13.5. The molecule has 0 spiro atoms. The normalized spacial score (nSPS) is 20.0. The number of alkyl halides is 2. The smallest absolute Gasteiger partial charge is 0.387 e. The van der Waals surface area contributed by atoms with Gasteiger partial charge >= 0.3 is 6.61 Å². The highest BCUT2D eigenvalue weighted by Gasteiger charge is 2.44. The van der Waals surface area contributed by atoms with Gasteiger partial charge in [0, 0.05) is 46.6 Å². The fourth-order valence-electron chi connectivity index (χ4n) is 4.69. The van der Waals surface area contributed by atoms with Gasteiger partial charge in [0.05, 0.1) is 28.7 Å². The molecular formula is C25H17F2N5O2. The third kappa shape index (κ3) is 3.10. The van der Waals surface area contributed by atoms with Crippen LogP contribution >= 0.6 is 0 Å². The Morgan fingerprint density at radius 1 is 1.15 bits per heavy atom. The van der Waals surface area contributed by atoms with E-state index in [0.717, 1.165) is 4.90 Å². The molecule has 6 rings (SSSR count). The van der Waals surface area contributed by atoms with Gasteiger partial charge < -0.3 is 14.2 Å². The van der Waals surface area contributed by atoms with Crippen molar-refractivity contribution in [3.8, 4) is 17.6 Å². The number of rotatable bonds is 2. The van der Waals surface area contributed by atoms with E-state index in [-0.39, 0.29) is 23.3 Å². The van der Waals surface area contributed by atoms with E-state index in [9.17, 15) is 13.6 Å². The number of nitrogens with zero attached hydrogens (tertiary/aromatic N) is 5. The Balaban J connectivity index is 1.57. The first-order valence-corrected chi connectivity index (χ1v) is 10.4. The first kappa shape index (κ1) is 17.2. The summed E-state index contributed by atoms with van der Waals surface area (Å²) >= 11 is 0. The summed E-state index contributed by atoms with van der Waals surface area (Å²) in [7, 11) is 0. The lowest BCUT2D eigenvalue weighted by molar-refractivity contribution is -0.0507. The zero-order valence-corrected chi connectivity index (χ0v) is 17.4. The van der Waals surface area contributed by atoms with Gasteiger partial charge in [0.2, 0.25) is 0 Å². The average Bonchev–Trinajstić information content (AvgIpc) is 3.35. The molecule has 2 aromatic heterocycles. The summed E-state index contributed by atoms with van der Waals surface area (Å²) in [6.07, 6.45) is 4.73. The Bertz CT molecular complexity index is 1610. The van der Waals surface area contributed by atoms with Crippen molar-refractivity contribution in [2.45, 2.75) is 25.1 Å². The first-order valence-electron chi connectivity index (χ1n) is 11.9. The lowest BCUT2D eigenvalue weighted by Gasteiger charge is -2.24. The molecule has 2 atom stereocenters. The zero-order chi connectivity index (χ0) is 25.9. The van der Waals surface area contributed by atoms with Crippen molar-refractivity contribution >= 4 is 16.9 Å². The van der Waals surface area contributed by atoms with Gasteiger partial charge in [-0.3, -0.25) is 4.79 Å². The lowest BCUT2D eigenvalue weighted by atomic mass is 9.97. The number of halogens is 2. The Morgan fingerprint density at radius 2 is 1.97 bits per heavy atom. The average molecular weight is 460 g/mol. The molecule has 0 radical (unpaired) electrons. The number of imidazole rings is 1. The van der Waals surface area contributed by atoms with Crippen LogP contribution in [0.15, 0.2) is 55.1 Å². The van der Waals surface area contributed by atoms with E-state index < -0.39 is 31.6 Å². The highest BCUT2D eigenvalue weighted by Crippen LogP contribution is 2.49. The van der Waals surface area contributed by atoms with Crippen LogP contribution in [0.1, 0.15) is 55.5 Å². The Hall–Kier alpha value is -4.32. The maximum Gasteiger partial charge on any atom is 0.387 e. The van der Waals surface area contributed by atoms with Crippen molar-refractivity contribution in [1.82, 2.24) is 24.4 Å². The van der Waals surface area contributed by atoms with Crippen LogP contribution in [0.4, 0.5) is 8.78 Å². The molecular weight excluding hydrogens is 440 g/mol. The molecule has 34 heavy (non-hydrogen) atoms. The fraction of sp³-hybridized carbons (Fsp3) is 0.200. The highest BCUT2D eigenvalue weighted by molar-refractivity contribution is 5.97. The molecule has 168 valence electrons. The van der Waals surface area contributed by atoms with Crippen LogP contribution in [-0.4, -0.2) is 43.9 Å².